The van der Waals surface area contributed by atoms with E-state index in [0.29, 0.717) is 37.0 Å². The molecule has 126 valence electrons. The number of rotatable bonds is 9. The lowest BCUT2D eigenvalue weighted by Gasteiger charge is -2.07. The number of benzene rings is 1. The highest BCUT2D eigenvalue weighted by atomic mass is 35.5. The average Bonchev–Trinajstić information content (AvgIpc) is 2.44. The summed E-state index contributed by atoms with van der Waals surface area (Å²) in [6, 6.07) is 5.85. The van der Waals surface area contributed by atoms with E-state index in [-0.39, 0.29) is 23.2 Å². The van der Waals surface area contributed by atoms with Crippen molar-refractivity contribution in [2.24, 2.45) is 10.9 Å². The molecular weight excluding hydrogens is 350 g/mol. The molecule has 1 amide bonds. The number of nitrogens with two attached hydrogens (primary N) is 2. The molecule has 0 saturated heterocycles. The summed E-state index contributed by atoms with van der Waals surface area (Å²) in [6.07, 6.45) is 0. The molecule has 22 heavy (non-hydrogen) atoms. The maximum Gasteiger partial charge on any atom is 0.238 e. The van der Waals surface area contributed by atoms with Crippen LogP contribution in [0.5, 0.6) is 5.75 Å². The van der Waals surface area contributed by atoms with E-state index in [1.165, 1.54) is 23.9 Å². The van der Waals surface area contributed by atoms with Crippen LogP contribution in [0.2, 0.25) is 0 Å². The zero-order valence-corrected chi connectivity index (χ0v) is 14.3. The molecule has 7 nitrogen and oxygen atoms in total. The van der Waals surface area contributed by atoms with Gasteiger partial charge in [0.2, 0.25) is 15.9 Å². The zero-order valence-electron chi connectivity index (χ0n) is 11.9. The first-order valence-corrected chi connectivity index (χ1v) is 8.94. The zero-order chi connectivity index (χ0) is 15.7. The Morgan fingerprint density at radius 2 is 1.91 bits per heavy atom. The van der Waals surface area contributed by atoms with Crippen molar-refractivity contribution in [1.29, 1.82) is 0 Å². The van der Waals surface area contributed by atoms with Crippen LogP contribution in [0.4, 0.5) is 0 Å². The van der Waals surface area contributed by atoms with Crippen LogP contribution in [0.3, 0.4) is 0 Å². The number of nitrogens with one attached hydrogen (secondary N) is 1. The van der Waals surface area contributed by atoms with Crippen LogP contribution in [0.25, 0.3) is 0 Å². The molecule has 1 aromatic rings. The highest BCUT2D eigenvalue weighted by Gasteiger charge is 2.07. The average molecular weight is 370 g/mol. The largest absolute Gasteiger partial charge is 0.493 e. The molecule has 0 radical (unpaired) electrons. The molecule has 1 aromatic carbocycles. The van der Waals surface area contributed by atoms with Crippen molar-refractivity contribution in [1.82, 2.24) is 5.32 Å². The number of carbonyl (C=O) groups is 1. The summed E-state index contributed by atoms with van der Waals surface area (Å²) in [4.78, 5) is 11.3. The third kappa shape index (κ3) is 8.44. The summed E-state index contributed by atoms with van der Waals surface area (Å²) in [7, 11) is -3.68. The Morgan fingerprint density at radius 1 is 1.27 bits per heavy atom. The molecule has 0 aromatic heterocycles. The van der Waals surface area contributed by atoms with Gasteiger partial charge < -0.3 is 15.8 Å². The number of halogens is 1. The van der Waals surface area contributed by atoms with Gasteiger partial charge in [0.05, 0.1) is 17.3 Å². The Kier molecular flexibility index (Phi) is 10.2. The lowest BCUT2D eigenvalue weighted by molar-refractivity contribution is -0.118. The van der Waals surface area contributed by atoms with Gasteiger partial charge in [-0.05, 0) is 24.3 Å². The lowest BCUT2D eigenvalue weighted by Crippen LogP contribution is -2.30. The minimum Gasteiger partial charge on any atom is -0.493 e. The first-order chi connectivity index (χ1) is 9.93. The van der Waals surface area contributed by atoms with E-state index in [1.807, 2.05) is 0 Å². The fraction of sp³-hybridized carbons (Fsp3) is 0.417. The molecule has 5 N–H and O–H groups in total. The van der Waals surface area contributed by atoms with E-state index >= 15 is 0 Å². The van der Waals surface area contributed by atoms with Gasteiger partial charge in [-0.2, -0.15) is 0 Å². The van der Waals surface area contributed by atoms with Gasteiger partial charge >= 0.3 is 0 Å². The Bertz CT molecular complexity index is 552. The number of hydrogen-bond donors (Lipinski definition) is 3. The molecule has 0 fully saturated rings. The van der Waals surface area contributed by atoms with Gasteiger partial charge in [0, 0.05) is 18.8 Å². The minimum absolute atomic E-state index is 0. The van der Waals surface area contributed by atoms with Crippen LogP contribution >= 0.6 is 24.2 Å². The first-order valence-electron chi connectivity index (χ1n) is 6.23. The fourth-order valence-electron chi connectivity index (χ4n) is 1.37. The van der Waals surface area contributed by atoms with Crippen molar-refractivity contribution in [3.8, 4) is 5.75 Å². The molecule has 0 heterocycles. The number of amides is 1. The molecule has 1 rings (SSSR count). The highest BCUT2D eigenvalue weighted by molar-refractivity contribution is 7.99. The monoisotopic (exact) mass is 369 g/mol. The van der Waals surface area contributed by atoms with Gasteiger partial charge in [0.25, 0.3) is 0 Å². The summed E-state index contributed by atoms with van der Waals surface area (Å²) in [5.74, 6) is 1.50. The Labute approximate surface area is 140 Å². The summed E-state index contributed by atoms with van der Waals surface area (Å²) in [6.45, 7) is 1.32. The van der Waals surface area contributed by atoms with Gasteiger partial charge in [-0.25, -0.2) is 13.6 Å². The molecule has 0 bridgehead atoms. The normalized spacial score (nSPS) is 10.6. The van der Waals surface area contributed by atoms with E-state index < -0.39 is 10.0 Å². The van der Waals surface area contributed by atoms with Crippen LogP contribution in [-0.4, -0.2) is 45.5 Å². The minimum atomic E-state index is -3.68. The fourth-order valence-corrected chi connectivity index (χ4v) is 2.52. The highest BCUT2D eigenvalue weighted by Crippen LogP contribution is 2.15. The van der Waals surface area contributed by atoms with Gasteiger partial charge in [-0.3, -0.25) is 4.79 Å². The number of sulfonamides is 1. The molecule has 0 atom stereocenters. The maximum atomic E-state index is 11.3. The number of carbonyl (C=O) groups excluding carboxylic acids is 1. The molecular formula is C12H20ClN3O4S2. The third-order valence-corrected chi connectivity index (χ3v) is 4.20. The molecule has 10 heteroatoms. The SMILES string of the molecule is Cl.NCCNC(=O)CSCCOc1ccc(S(N)(=O)=O)cc1. The molecule has 0 aliphatic carbocycles. The number of hydrogen-bond acceptors (Lipinski definition) is 6. The number of thioether (sulfide) groups is 1. The Balaban J connectivity index is 0.00000441. The summed E-state index contributed by atoms with van der Waals surface area (Å²) in [5.41, 5.74) is 5.27. The summed E-state index contributed by atoms with van der Waals surface area (Å²) >= 11 is 1.44. The van der Waals surface area contributed by atoms with Crippen molar-refractivity contribution in [2.75, 3.05) is 31.2 Å². The number of primary sulfonamides is 1. The summed E-state index contributed by atoms with van der Waals surface area (Å²) in [5, 5.41) is 7.66. The third-order valence-electron chi connectivity index (χ3n) is 2.35. The van der Waals surface area contributed by atoms with Gasteiger partial charge in [0.15, 0.2) is 0 Å². The van der Waals surface area contributed by atoms with Crippen molar-refractivity contribution in [2.45, 2.75) is 4.90 Å². The second-order valence-electron chi connectivity index (χ2n) is 4.06. The topological polar surface area (TPSA) is 125 Å². The predicted octanol–water partition coefficient (Wildman–Crippen LogP) is -0.0573. The van der Waals surface area contributed by atoms with Crippen molar-refractivity contribution >= 4 is 40.1 Å². The smallest absolute Gasteiger partial charge is 0.238 e. The molecule has 0 unspecified atom stereocenters. The van der Waals surface area contributed by atoms with E-state index in [2.05, 4.69) is 5.32 Å². The Hall–Kier alpha value is -1.00. The quantitative estimate of drug-likeness (QED) is 0.524. The standard InChI is InChI=1S/C12H19N3O4S2.ClH/c13-5-6-15-12(16)9-20-8-7-19-10-1-3-11(4-2-10)21(14,17)18;/h1-4H,5-9,13H2,(H,15,16)(H2,14,17,18);1H. The summed E-state index contributed by atoms with van der Waals surface area (Å²) < 4.78 is 27.6. The van der Waals surface area contributed by atoms with Crippen molar-refractivity contribution < 1.29 is 17.9 Å². The van der Waals surface area contributed by atoms with Crippen molar-refractivity contribution in [3.05, 3.63) is 24.3 Å². The molecule has 0 aliphatic rings. The van der Waals surface area contributed by atoms with Crippen LogP contribution < -0.4 is 20.9 Å². The van der Waals surface area contributed by atoms with E-state index in [9.17, 15) is 13.2 Å². The van der Waals surface area contributed by atoms with Gasteiger partial charge in [0.1, 0.15) is 5.75 Å². The van der Waals surface area contributed by atoms with Crippen molar-refractivity contribution in [3.63, 3.8) is 0 Å². The number of ether oxygens (including phenoxy) is 1. The Morgan fingerprint density at radius 3 is 2.45 bits per heavy atom. The second-order valence-corrected chi connectivity index (χ2v) is 6.72. The van der Waals surface area contributed by atoms with Crippen LogP contribution in [-0.2, 0) is 14.8 Å². The maximum absolute atomic E-state index is 11.3. The second kappa shape index (κ2) is 10.7. The van der Waals surface area contributed by atoms with Gasteiger partial charge in [-0.1, -0.05) is 0 Å². The molecule has 0 spiro atoms. The van der Waals surface area contributed by atoms with Gasteiger partial charge in [-0.15, -0.1) is 24.2 Å². The van der Waals surface area contributed by atoms with Crippen LogP contribution in [0.15, 0.2) is 29.2 Å². The lowest BCUT2D eigenvalue weighted by atomic mass is 10.3. The molecule has 0 aliphatic heterocycles. The van der Waals surface area contributed by atoms with E-state index in [1.54, 1.807) is 12.1 Å². The van der Waals surface area contributed by atoms with E-state index in [4.69, 9.17) is 15.6 Å². The van der Waals surface area contributed by atoms with Crippen LogP contribution in [0, 0.1) is 0 Å². The van der Waals surface area contributed by atoms with E-state index in [0.717, 1.165) is 0 Å². The van der Waals surface area contributed by atoms with Crippen LogP contribution in [0.1, 0.15) is 0 Å². The molecule has 0 saturated carbocycles. The first kappa shape index (κ1) is 21.0. The predicted molar refractivity (Wildman–Crippen MR) is 89.9 cm³/mol.